The molecule has 0 aromatic carbocycles. The summed E-state index contributed by atoms with van der Waals surface area (Å²) in [5.41, 5.74) is 0.234. The molecule has 35 nitrogen and oxygen atoms in total. The van der Waals surface area contributed by atoms with Crippen molar-refractivity contribution in [1.82, 2.24) is 15.0 Å². The average Bonchev–Trinajstić information content (AvgIpc) is 1.72. The molecule has 6 aliphatic rings. The van der Waals surface area contributed by atoms with Crippen molar-refractivity contribution < 1.29 is 346 Å². The molecule has 4 aliphatic carbocycles. The van der Waals surface area contributed by atoms with Gasteiger partial charge in [0.15, 0.2) is 24.7 Å². The number of aromatic nitrogens is 3. The summed E-state index contributed by atoms with van der Waals surface area (Å²) in [7, 11) is -43.9. The SMILES string of the molecule is CC(C)CCC[C@@H](C)[C@H]1CC[C@H]2[C@@H]3CC[C@H]4C[C@@H](OCc5cn([C@@H]6O[C@H](COS(=O)(=O)[O-])[C@@H](O[C@H]7O[C@H](COS(=O)(=O)[O-])[C@@H](OS(=O)(=O)[O-])[C@H](OS(=O)(=O)[O-])[C@H]7OS(=O)(=O)[O-])[C@H](OS(=O)(=O)[O-])[C@H]6OS(=O)(=O)[O-])nn5)CC[C@]4(C)[C@H]3CC[C@]12C.[Na+].[Na+].[Na+].[Na+].[Na+].[Na+].[Na+]. The fourth-order valence-corrected chi connectivity index (χ4v) is 17.3. The van der Waals surface area contributed by atoms with Crippen LogP contribution < -0.4 is 207 Å². The topological polar surface area (TPSA) is 533 Å². The minimum absolute atomic E-state index is 0. The van der Waals surface area contributed by atoms with Crippen LogP contribution in [-0.4, -0.2) is 180 Å². The molecule has 0 radical (unpaired) electrons. The van der Waals surface area contributed by atoms with E-state index >= 15 is 0 Å². The van der Waals surface area contributed by atoms with Crippen LogP contribution in [0.25, 0.3) is 0 Å². The number of fused-ring (bicyclic) bond motifs is 5. The third-order valence-electron chi connectivity index (χ3n) is 17.5. The van der Waals surface area contributed by atoms with Gasteiger partial charge in [0, 0.05) is 0 Å². The summed E-state index contributed by atoms with van der Waals surface area (Å²) in [6.45, 7) is 7.68. The van der Waals surface area contributed by atoms with Gasteiger partial charge in [0.1, 0.15) is 42.3 Å². The van der Waals surface area contributed by atoms with Crippen molar-refractivity contribution in [3.05, 3.63) is 11.9 Å². The second-order valence-electron chi connectivity index (χ2n) is 23.0. The molecule has 3 heterocycles. The number of nitrogens with zero attached hydrogens (tertiary/aromatic N) is 3. The van der Waals surface area contributed by atoms with Crippen molar-refractivity contribution >= 4 is 72.8 Å². The van der Waals surface area contributed by atoms with Crippen LogP contribution in [0, 0.1) is 52.3 Å². The fraction of sp³-hybridized carbons (Fsp3) is 0.952. The molecule has 91 heavy (non-hydrogen) atoms. The van der Waals surface area contributed by atoms with E-state index in [1.165, 1.54) is 38.5 Å². The maximum absolute atomic E-state index is 12.4. The summed E-state index contributed by atoms with van der Waals surface area (Å²) in [4.78, 5) is 0. The van der Waals surface area contributed by atoms with Crippen LogP contribution in [0.2, 0.25) is 0 Å². The zero-order valence-electron chi connectivity index (χ0n) is 52.3. The van der Waals surface area contributed by atoms with Crippen LogP contribution in [0.5, 0.6) is 0 Å². The van der Waals surface area contributed by atoms with Gasteiger partial charge in [-0.15, -0.1) is 5.10 Å². The van der Waals surface area contributed by atoms with E-state index < -0.39 is 147 Å². The summed E-state index contributed by atoms with van der Waals surface area (Å²) in [6.07, 6.45) is -17.8. The molecule has 0 amide bonds. The molecular formula is C42H64N3Na7O32S7. The largest absolute Gasteiger partial charge is 1.00 e. The Hall–Kier alpha value is 5.07. The van der Waals surface area contributed by atoms with Gasteiger partial charge in [-0.3, -0.25) is 29.3 Å². The molecule has 1 aromatic rings. The second-order valence-corrected chi connectivity index (χ2v) is 30.2. The zero-order chi connectivity index (χ0) is 62.6. The van der Waals surface area contributed by atoms with Crippen molar-refractivity contribution in [2.24, 2.45) is 52.3 Å². The molecule has 0 N–H and O–H groups in total. The number of ether oxygens (including phenoxy) is 4. The van der Waals surface area contributed by atoms with E-state index in [2.05, 4.69) is 74.2 Å². The van der Waals surface area contributed by atoms with E-state index in [1.807, 2.05) is 0 Å². The second kappa shape index (κ2) is 38.4. The van der Waals surface area contributed by atoms with Gasteiger partial charge in [-0.05, 0) is 110 Å². The van der Waals surface area contributed by atoms with Gasteiger partial charge in [-0.25, -0.2) is 63.6 Å². The Kier molecular flexibility index (Phi) is 40.5. The van der Waals surface area contributed by atoms with Gasteiger partial charge in [0.05, 0.1) is 32.1 Å². The van der Waals surface area contributed by atoms with Crippen LogP contribution >= 0.6 is 0 Å². The predicted molar refractivity (Wildman–Crippen MR) is 263 cm³/mol. The molecule has 488 valence electrons. The van der Waals surface area contributed by atoms with Gasteiger partial charge in [0.2, 0.25) is 72.8 Å². The molecule has 0 unspecified atom stereocenters. The third-order valence-corrected chi connectivity index (χ3v) is 20.6. The third kappa shape index (κ3) is 27.8. The molecule has 2 aliphatic heterocycles. The molecule has 0 spiro atoms. The summed E-state index contributed by atoms with van der Waals surface area (Å²) < 4.78 is 305. The first-order chi connectivity index (χ1) is 38.4. The Balaban J connectivity index is 0.0000116. The van der Waals surface area contributed by atoms with Gasteiger partial charge in [-0.1, -0.05) is 59.1 Å². The molecule has 2 saturated heterocycles. The standard InChI is InChI=1S/C42H71N3O32S7.7Na/c1-22(2)7-6-8-23(3)28-11-12-29-27-10-9-24-17-26(13-15-41(24,4)30(27)14-16-42(28,29)5)67-19-25-18-45(44-43-25)39-37(76-83(61,62)63)35(74-81(55,56)57)33(31(70-39)20-68-78(46,47)48)72-40-38(77-84(64,65)66)36(75-82(58,59)60)34(73-80(52,53)54)32(71-40)21-69-79(49,50)51;;;;;;;/h18,22-24,26-40H,6-17,19-21H2,1-5H3,(H,46,47,48)(H,49,50,51)(H,52,53,54)(H,55,56,57)(H,58,59,60)(H,61,62,63)(H,64,65,66);;;;;;;/q;7*+1/p-7/t23-,24+,26+,27+,28-,29+,30+,31-,32-,33-,34-,35+,36+,37-,38-,39-,40-,41+,42-;;;;;;;/m1......./s1. The normalized spacial score (nSPS) is 34.0. The quantitative estimate of drug-likeness (QED) is 0.0448. The maximum Gasteiger partial charge on any atom is 1.00 e. The van der Waals surface area contributed by atoms with Gasteiger partial charge < -0.3 is 50.8 Å². The van der Waals surface area contributed by atoms with E-state index in [-0.39, 0.29) is 236 Å². The molecule has 19 atom stereocenters. The molecule has 1 aromatic heterocycles. The first-order valence-electron chi connectivity index (χ1n) is 26.3. The first kappa shape index (κ1) is 96.1. The smallest absolute Gasteiger partial charge is 0.726 e. The van der Waals surface area contributed by atoms with Crippen molar-refractivity contribution in [3.8, 4) is 0 Å². The molecule has 6 fully saturated rings. The van der Waals surface area contributed by atoms with E-state index in [1.54, 1.807) is 0 Å². The molecule has 49 heteroatoms. The summed E-state index contributed by atoms with van der Waals surface area (Å²) in [5, 5.41) is 7.73. The van der Waals surface area contributed by atoms with E-state index in [4.69, 9.17) is 18.9 Å². The van der Waals surface area contributed by atoms with Crippen molar-refractivity contribution in [1.29, 1.82) is 0 Å². The molecule has 7 rings (SSSR count). The summed E-state index contributed by atoms with van der Waals surface area (Å²) in [6, 6.07) is 0. The Morgan fingerprint density at radius 1 is 0.549 bits per heavy atom. The van der Waals surface area contributed by atoms with Crippen LogP contribution in [0.3, 0.4) is 0 Å². The van der Waals surface area contributed by atoms with Crippen LogP contribution in [0.4, 0.5) is 0 Å². The number of hydrogen-bond donors (Lipinski definition) is 0. The van der Waals surface area contributed by atoms with Crippen LogP contribution in [0.15, 0.2) is 6.20 Å². The summed E-state index contributed by atoms with van der Waals surface area (Å²) >= 11 is 0. The first-order valence-corrected chi connectivity index (χ1v) is 35.6. The van der Waals surface area contributed by atoms with E-state index in [0.29, 0.717) is 58.9 Å². The predicted octanol–water partition coefficient (Wildman–Crippen LogP) is -21.5. The number of hydrogen-bond acceptors (Lipinski definition) is 34. The van der Waals surface area contributed by atoms with Crippen molar-refractivity contribution in [2.45, 2.75) is 186 Å². The maximum atomic E-state index is 12.4. The van der Waals surface area contributed by atoms with Crippen LogP contribution in [0.1, 0.15) is 124 Å². The van der Waals surface area contributed by atoms with Crippen molar-refractivity contribution in [3.63, 3.8) is 0 Å². The van der Waals surface area contributed by atoms with Gasteiger partial charge in [0.25, 0.3) is 0 Å². The van der Waals surface area contributed by atoms with Gasteiger partial charge in [-0.2, -0.15) is 0 Å². The molecule has 0 bridgehead atoms. The average molecular weight is 1510 g/mol. The Labute approximate surface area is 686 Å². The van der Waals surface area contributed by atoms with Crippen LogP contribution in [-0.2, 0) is 128 Å². The summed E-state index contributed by atoms with van der Waals surface area (Å²) in [5.74, 6) is 4.08. The zero-order valence-corrected chi connectivity index (χ0v) is 72.1. The minimum Gasteiger partial charge on any atom is -0.726 e. The van der Waals surface area contributed by atoms with E-state index in [9.17, 15) is 90.8 Å². The fourth-order valence-electron chi connectivity index (χ4n) is 14.3. The van der Waals surface area contributed by atoms with Gasteiger partial charge >= 0.3 is 207 Å². The molecule has 4 saturated carbocycles. The Morgan fingerprint density at radius 3 is 1.54 bits per heavy atom. The Morgan fingerprint density at radius 2 is 1.02 bits per heavy atom. The Bertz CT molecular complexity index is 3320. The molecular weight excluding hydrogens is 1440 g/mol. The van der Waals surface area contributed by atoms with Crippen molar-refractivity contribution in [2.75, 3.05) is 13.2 Å². The number of rotatable bonds is 27. The minimum atomic E-state index is -6.48. The van der Waals surface area contributed by atoms with E-state index in [0.717, 1.165) is 31.9 Å². The monoisotopic (exact) mass is 1510 g/mol.